The zero-order valence-corrected chi connectivity index (χ0v) is 16.1. The van der Waals surface area contributed by atoms with Crippen LogP contribution >= 0.6 is 0 Å². The third-order valence-electron chi connectivity index (χ3n) is 4.98. The van der Waals surface area contributed by atoms with Crippen molar-refractivity contribution in [3.63, 3.8) is 0 Å². The molecule has 29 heavy (non-hydrogen) atoms. The molecule has 1 fully saturated rings. The number of carbonyl (C=O) groups excluding carboxylic acids is 2. The van der Waals surface area contributed by atoms with Crippen LogP contribution in [0.4, 0.5) is 0 Å². The molecule has 2 amide bonds. The summed E-state index contributed by atoms with van der Waals surface area (Å²) in [6.07, 6.45) is 4.06. The molecule has 3 aromatic rings. The average Bonchev–Trinajstić information content (AvgIpc) is 3.16. The van der Waals surface area contributed by atoms with E-state index in [4.69, 9.17) is 0 Å². The van der Waals surface area contributed by atoms with Crippen molar-refractivity contribution < 1.29 is 9.59 Å². The number of fused-ring (bicyclic) bond motifs is 1. The minimum absolute atomic E-state index is 0.219. The van der Waals surface area contributed by atoms with Crippen LogP contribution < -0.4 is 10.9 Å². The van der Waals surface area contributed by atoms with Gasteiger partial charge >= 0.3 is 0 Å². The molecule has 4 rings (SSSR count). The fraction of sp³-hybridized carbons (Fsp3) is 0.286. The lowest BCUT2D eigenvalue weighted by Crippen LogP contribution is -2.51. The van der Waals surface area contributed by atoms with Crippen molar-refractivity contribution in [2.75, 3.05) is 32.7 Å². The van der Waals surface area contributed by atoms with E-state index in [9.17, 15) is 9.59 Å². The number of aromatic nitrogens is 2. The second-order valence-electron chi connectivity index (χ2n) is 7.12. The minimum atomic E-state index is -0.323. The van der Waals surface area contributed by atoms with Crippen molar-refractivity contribution in [2.45, 2.75) is 6.54 Å². The maximum atomic E-state index is 12.1. The van der Waals surface area contributed by atoms with Crippen LogP contribution in [0.5, 0.6) is 0 Å². The Balaban J connectivity index is 1.19. The van der Waals surface area contributed by atoms with Crippen LogP contribution in [-0.4, -0.2) is 63.7 Å². The molecule has 0 radical (unpaired) electrons. The van der Waals surface area contributed by atoms with E-state index in [1.54, 1.807) is 24.3 Å². The van der Waals surface area contributed by atoms with Crippen LogP contribution in [0.3, 0.4) is 0 Å². The number of hydrazine groups is 1. The maximum Gasteiger partial charge on any atom is 0.269 e. The van der Waals surface area contributed by atoms with E-state index in [1.807, 2.05) is 34.9 Å². The minimum Gasteiger partial charge on any atom is -0.307 e. The first-order chi connectivity index (χ1) is 14.2. The summed E-state index contributed by atoms with van der Waals surface area (Å²) >= 11 is 0. The second-order valence-corrected chi connectivity index (χ2v) is 7.12. The molecule has 2 N–H and O–H groups in total. The molecule has 8 nitrogen and oxygen atoms in total. The highest BCUT2D eigenvalue weighted by atomic mass is 16.2. The van der Waals surface area contributed by atoms with Gasteiger partial charge in [-0.2, -0.15) is 0 Å². The van der Waals surface area contributed by atoms with Crippen molar-refractivity contribution in [3.05, 3.63) is 72.2 Å². The van der Waals surface area contributed by atoms with Crippen LogP contribution in [0.25, 0.3) is 5.65 Å². The lowest BCUT2D eigenvalue weighted by Gasteiger charge is -2.33. The second kappa shape index (κ2) is 8.85. The van der Waals surface area contributed by atoms with Gasteiger partial charge in [0.15, 0.2) is 0 Å². The fourth-order valence-electron chi connectivity index (χ4n) is 3.43. The number of imidazole rings is 1. The highest BCUT2D eigenvalue weighted by Gasteiger charge is 2.20. The number of hydrogen-bond donors (Lipinski definition) is 2. The molecular weight excluding hydrogens is 368 g/mol. The Morgan fingerprint density at radius 3 is 2.38 bits per heavy atom. The average molecular weight is 392 g/mol. The number of piperazine rings is 1. The van der Waals surface area contributed by atoms with Crippen LogP contribution in [0.1, 0.15) is 16.1 Å². The summed E-state index contributed by atoms with van der Waals surface area (Å²) in [6.45, 7) is 4.40. The zero-order valence-electron chi connectivity index (χ0n) is 16.1. The van der Waals surface area contributed by atoms with Gasteiger partial charge in [-0.15, -0.1) is 0 Å². The smallest absolute Gasteiger partial charge is 0.269 e. The maximum absolute atomic E-state index is 12.1. The van der Waals surface area contributed by atoms with E-state index in [-0.39, 0.29) is 18.4 Å². The van der Waals surface area contributed by atoms with E-state index < -0.39 is 0 Å². The molecule has 8 heteroatoms. The summed E-state index contributed by atoms with van der Waals surface area (Å²) in [5.41, 5.74) is 7.45. The van der Waals surface area contributed by atoms with E-state index >= 15 is 0 Å². The molecule has 1 aliphatic rings. The van der Waals surface area contributed by atoms with Gasteiger partial charge in [0.25, 0.3) is 11.8 Å². The number of benzene rings is 1. The van der Waals surface area contributed by atoms with Gasteiger partial charge in [0.2, 0.25) is 0 Å². The standard InChI is InChI=1S/C21H24N6O2/c28-20(23-24-21(29)17-6-2-1-3-7-17)16-26-12-10-25(11-13-26)14-18-15-27-9-5-4-8-19(27)22-18/h1-9,15H,10-14,16H2,(H,23,28)(H,24,29). The van der Waals surface area contributed by atoms with Gasteiger partial charge in [-0.05, 0) is 24.3 Å². The summed E-state index contributed by atoms with van der Waals surface area (Å²) in [5.74, 6) is -0.542. The topological polar surface area (TPSA) is 82.0 Å². The van der Waals surface area contributed by atoms with Crippen molar-refractivity contribution in [1.29, 1.82) is 0 Å². The van der Waals surface area contributed by atoms with Crippen LogP contribution in [0.15, 0.2) is 60.9 Å². The third kappa shape index (κ3) is 4.98. The highest BCUT2D eigenvalue weighted by molar-refractivity contribution is 5.95. The van der Waals surface area contributed by atoms with Crippen LogP contribution in [0.2, 0.25) is 0 Å². The third-order valence-corrected chi connectivity index (χ3v) is 4.98. The Bertz CT molecular complexity index is 946. The van der Waals surface area contributed by atoms with Crippen LogP contribution in [0, 0.1) is 0 Å². The van der Waals surface area contributed by atoms with Gasteiger partial charge in [0.1, 0.15) is 5.65 Å². The number of carbonyl (C=O) groups is 2. The lowest BCUT2D eigenvalue weighted by molar-refractivity contribution is -0.123. The molecule has 0 bridgehead atoms. The van der Waals surface area contributed by atoms with Gasteiger partial charge in [0.05, 0.1) is 12.2 Å². The summed E-state index contributed by atoms with van der Waals surface area (Å²) in [7, 11) is 0. The predicted molar refractivity (Wildman–Crippen MR) is 109 cm³/mol. The Hall–Kier alpha value is -3.23. The van der Waals surface area contributed by atoms with Crippen molar-refractivity contribution >= 4 is 17.5 Å². The monoisotopic (exact) mass is 392 g/mol. The number of pyridine rings is 1. The largest absolute Gasteiger partial charge is 0.307 e. The SMILES string of the molecule is O=C(CN1CCN(Cc2cn3ccccc3n2)CC1)NNC(=O)c1ccccc1. The summed E-state index contributed by atoms with van der Waals surface area (Å²) in [5, 5.41) is 0. The number of hydrogen-bond acceptors (Lipinski definition) is 5. The van der Waals surface area contributed by atoms with E-state index in [1.165, 1.54) is 0 Å². The molecule has 1 aromatic carbocycles. The molecule has 0 atom stereocenters. The Kier molecular flexibility index (Phi) is 5.83. The Labute approximate surface area is 169 Å². The van der Waals surface area contributed by atoms with E-state index in [2.05, 4.69) is 31.8 Å². The van der Waals surface area contributed by atoms with Gasteiger partial charge in [-0.25, -0.2) is 4.98 Å². The molecule has 150 valence electrons. The number of nitrogens with one attached hydrogen (secondary N) is 2. The van der Waals surface area contributed by atoms with Crippen molar-refractivity contribution in [1.82, 2.24) is 30.0 Å². The molecular formula is C21H24N6O2. The highest BCUT2D eigenvalue weighted by Crippen LogP contribution is 2.10. The fourth-order valence-corrected chi connectivity index (χ4v) is 3.43. The van der Waals surface area contributed by atoms with Crippen molar-refractivity contribution in [2.24, 2.45) is 0 Å². The lowest BCUT2D eigenvalue weighted by atomic mass is 10.2. The Morgan fingerprint density at radius 2 is 1.62 bits per heavy atom. The quantitative estimate of drug-likeness (QED) is 0.631. The Morgan fingerprint density at radius 1 is 0.897 bits per heavy atom. The molecule has 0 spiro atoms. The molecule has 0 saturated carbocycles. The summed E-state index contributed by atoms with van der Waals surface area (Å²) in [6, 6.07) is 14.8. The molecule has 0 unspecified atom stereocenters. The zero-order chi connectivity index (χ0) is 20.1. The normalized spacial score (nSPS) is 15.3. The molecule has 2 aromatic heterocycles. The van der Waals surface area contributed by atoms with Gasteiger partial charge in [-0.3, -0.25) is 30.2 Å². The molecule has 0 aliphatic carbocycles. The number of nitrogens with zero attached hydrogens (tertiary/aromatic N) is 4. The summed E-state index contributed by atoms with van der Waals surface area (Å²) < 4.78 is 2.03. The van der Waals surface area contributed by atoms with Gasteiger partial charge in [-0.1, -0.05) is 24.3 Å². The van der Waals surface area contributed by atoms with Gasteiger partial charge in [0, 0.05) is 50.7 Å². The molecule has 3 heterocycles. The van der Waals surface area contributed by atoms with E-state index in [0.717, 1.165) is 44.1 Å². The first-order valence-electron chi connectivity index (χ1n) is 9.69. The molecule has 1 aliphatic heterocycles. The number of amides is 2. The van der Waals surface area contributed by atoms with Crippen molar-refractivity contribution in [3.8, 4) is 0 Å². The first-order valence-corrected chi connectivity index (χ1v) is 9.69. The van der Waals surface area contributed by atoms with E-state index in [0.29, 0.717) is 5.56 Å². The van der Waals surface area contributed by atoms with Gasteiger partial charge < -0.3 is 4.40 Å². The first kappa shape index (κ1) is 19.1. The predicted octanol–water partition coefficient (Wildman–Crippen LogP) is 0.913. The van der Waals surface area contributed by atoms with Crippen LogP contribution in [-0.2, 0) is 11.3 Å². The molecule has 1 saturated heterocycles. The summed E-state index contributed by atoms with van der Waals surface area (Å²) in [4.78, 5) is 33.2. The number of rotatable bonds is 5.